The molecule has 1 aliphatic rings. The number of anilines is 1. The summed E-state index contributed by atoms with van der Waals surface area (Å²) in [5, 5.41) is 7.83. The summed E-state index contributed by atoms with van der Waals surface area (Å²) in [6, 6.07) is 3.13. The van der Waals surface area contributed by atoms with Gasteiger partial charge in [-0.2, -0.15) is 16.9 Å². The van der Waals surface area contributed by atoms with E-state index in [9.17, 15) is 0 Å². The average molecular weight is 197 g/mol. The highest BCUT2D eigenvalue weighted by Gasteiger charge is 2.18. The highest BCUT2D eigenvalue weighted by atomic mass is 32.2. The average Bonchev–Trinajstić information content (AvgIpc) is 2.44. The number of nitrogens with one attached hydrogen (secondary N) is 1. The molecule has 72 valence electrons. The number of thioether (sulfide) groups is 1. The lowest BCUT2D eigenvalue weighted by atomic mass is 10.4. The number of aromatic nitrogens is 2. The third kappa shape index (κ3) is 1.99. The van der Waals surface area contributed by atoms with Crippen LogP contribution in [0.25, 0.3) is 0 Å². The third-order valence-corrected chi connectivity index (χ3v) is 3.40. The molecule has 0 bridgehead atoms. The first-order valence-electron chi connectivity index (χ1n) is 4.65. The van der Waals surface area contributed by atoms with E-state index in [0.717, 1.165) is 5.82 Å². The molecule has 0 aliphatic carbocycles. The third-order valence-electron chi connectivity index (χ3n) is 2.13. The van der Waals surface area contributed by atoms with Gasteiger partial charge in [-0.15, -0.1) is 0 Å². The normalized spacial score (nSPS) is 17.5. The van der Waals surface area contributed by atoms with Gasteiger partial charge in [-0.3, -0.25) is 4.68 Å². The molecule has 0 radical (unpaired) electrons. The van der Waals surface area contributed by atoms with Crippen molar-refractivity contribution >= 4 is 17.6 Å². The Morgan fingerprint density at radius 1 is 1.62 bits per heavy atom. The van der Waals surface area contributed by atoms with Crippen molar-refractivity contribution in [1.29, 1.82) is 0 Å². The molecule has 1 aromatic rings. The molecule has 2 rings (SSSR count). The van der Waals surface area contributed by atoms with Crippen LogP contribution in [0.4, 0.5) is 5.82 Å². The molecule has 1 saturated heterocycles. The van der Waals surface area contributed by atoms with Gasteiger partial charge in [0.25, 0.3) is 0 Å². The largest absolute Gasteiger partial charge is 0.364 e. The summed E-state index contributed by atoms with van der Waals surface area (Å²) in [7, 11) is 0. The van der Waals surface area contributed by atoms with Gasteiger partial charge in [0.2, 0.25) is 0 Å². The van der Waals surface area contributed by atoms with Gasteiger partial charge in [-0.25, -0.2) is 0 Å². The van der Waals surface area contributed by atoms with Crippen molar-refractivity contribution in [2.75, 3.05) is 16.8 Å². The van der Waals surface area contributed by atoms with E-state index < -0.39 is 0 Å². The summed E-state index contributed by atoms with van der Waals surface area (Å²) >= 11 is 1.98. The smallest absolute Gasteiger partial charge is 0.148 e. The SMILES string of the molecule is CC(C)n1ccc(NC2CSC2)n1. The second-order valence-corrected chi connectivity index (χ2v) is 4.73. The molecule has 4 heteroatoms. The Labute approximate surface area is 82.9 Å². The lowest BCUT2D eigenvalue weighted by Gasteiger charge is -2.25. The van der Waals surface area contributed by atoms with E-state index in [2.05, 4.69) is 24.3 Å². The number of rotatable bonds is 3. The van der Waals surface area contributed by atoms with Crippen molar-refractivity contribution in [2.45, 2.75) is 25.9 Å². The molecule has 1 fully saturated rings. The van der Waals surface area contributed by atoms with Crippen LogP contribution in [0.1, 0.15) is 19.9 Å². The van der Waals surface area contributed by atoms with Gasteiger partial charge in [0.05, 0.1) is 0 Å². The summed E-state index contributed by atoms with van der Waals surface area (Å²) in [6.07, 6.45) is 2.03. The van der Waals surface area contributed by atoms with E-state index in [0.29, 0.717) is 12.1 Å². The standard InChI is InChI=1S/C9H15N3S/c1-7(2)12-4-3-9(11-12)10-8-5-13-6-8/h3-4,7-8H,5-6H2,1-2H3,(H,10,11). The van der Waals surface area contributed by atoms with Gasteiger partial charge < -0.3 is 5.32 Å². The molecular formula is C9H15N3S. The zero-order valence-electron chi connectivity index (χ0n) is 8.03. The van der Waals surface area contributed by atoms with Crippen molar-refractivity contribution in [3.63, 3.8) is 0 Å². The molecule has 1 N–H and O–H groups in total. The van der Waals surface area contributed by atoms with Crippen LogP contribution in [0, 0.1) is 0 Å². The summed E-state index contributed by atoms with van der Waals surface area (Å²) in [4.78, 5) is 0. The highest BCUT2D eigenvalue weighted by molar-refractivity contribution is 8.00. The van der Waals surface area contributed by atoms with E-state index in [1.807, 2.05) is 28.7 Å². The second-order valence-electron chi connectivity index (χ2n) is 3.65. The van der Waals surface area contributed by atoms with Gasteiger partial charge >= 0.3 is 0 Å². The Morgan fingerprint density at radius 3 is 2.85 bits per heavy atom. The van der Waals surface area contributed by atoms with E-state index in [1.54, 1.807) is 0 Å². The minimum atomic E-state index is 0.450. The number of hydrogen-bond acceptors (Lipinski definition) is 3. The lowest BCUT2D eigenvalue weighted by Crippen LogP contribution is -2.33. The molecule has 3 nitrogen and oxygen atoms in total. The summed E-state index contributed by atoms with van der Waals surface area (Å²) in [6.45, 7) is 4.27. The fourth-order valence-corrected chi connectivity index (χ4v) is 1.87. The molecule has 0 amide bonds. The quantitative estimate of drug-likeness (QED) is 0.803. The van der Waals surface area contributed by atoms with E-state index in [1.165, 1.54) is 11.5 Å². The van der Waals surface area contributed by atoms with Crippen LogP contribution in [-0.4, -0.2) is 27.3 Å². The Morgan fingerprint density at radius 2 is 2.38 bits per heavy atom. The maximum Gasteiger partial charge on any atom is 0.148 e. The van der Waals surface area contributed by atoms with Crippen LogP contribution < -0.4 is 5.32 Å². The Kier molecular flexibility index (Phi) is 2.49. The number of nitrogens with zero attached hydrogens (tertiary/aromatic N) is 2. The molecule has 1 aromatic heterocycles. The van der Waals surface area contributed by atoms with Crippen LogP contribution in [0.5, 0.6) is 0 Å². The van der Waals surface area contributed by atoms with Gasteiger partial charge in [-0.05, 0) is 13.8 Å². The summed E-state index contributed by atoms with van der Waals surface area (Å²) in [5.41, 5.74) is 0. The maximum absolute atomic E-state index is 4.43. The molecule has 0 atom stereocenters. The predicted octanol–water partition coefficient (Wildman–Crippen LogP) is 1.99. The minimum Gasteiger partial charge on any atom is -0.364 e. The highest BCUT2D eigenvalue weighted by Crippen LogP contribution is 2.21. The van der Waals surface area contributed by atoms with Crippen molar-refractivity contribution < 1.29 is 0 Å². The van der Waals surface area contributed by atoms with Gasteiger partial charge in [-0.1, -0.05) is 0 Å². The van der Waals surface area contributed by atoms with Gasteiger partial charge in [0, 0.05) is 35.9 Å². The Balaban J connectivity index is 1.96. The topological polar surface area (TPSA) is 29.9 Å². The van der Waals surface area contributed by atoms with E-state index >= 15 is 0 Å². The van der Waals surface area contributed by atoms with Crippen LogP contribution in [0.15, 0.2) is 12.3 Å². The first-order chi connectivity index (χ1) is 6.25. The molecule has 13 heavy (non-hydrogen) atoms. The second kappa shape index (κ2) is 3.62. The predicted molar refractivity (Wildman–Crippen MR) is 57.3 cm³/mol. The molecule has 0 unspecified atom stereocenters. The monoisotopic (exact) mass is 197 g/mol. The minimum absolute atomic E-state index is 0.450. The van der Waals surface area contributed by atoms with Crippen molar-refractivity contribution in [3.8, 4) is 0 Å². The van der Waals surface area contributed by atoms with Crippen LogP contribution in [0.2, 0.25) is 0 Å². The first kappa shape index (κ1) is 8.94. The zero-order valence-corrected chi connectivity index (χ0v) is 8.84. The molecule has 2 heterocycles. The fourth-order valence-electron chi connectivity index (χ4n) is 1.23. The molecule has 0 aromatic carbocycles. The van der Waals surface area contributed by atoms with Crippen molar-refractivity contribution in [2.24, 2.45) is 0 Å². The van der Waals surface area contributed by atoms with Crippen LogP contribution >= 0.6 is 11.8 Å². The summed E-state index contributed by atoms with van der Waals surface area (Å²) < 4.78 is 1.98. The first-order valence-corrected chi connectivity index (χ1v) is 5.80. The van der Waals surface area contributed by atoms with Crippen molar-refractivity contribution in [3.05, 3.63) is 12.3 Å². The van der Waals surface area contributed by atoms with Gasteiger partial charge in [0.1, 0.15) is 5.82 Å². The molecule has 1 aliphatic heterocycles. The maximum atomic E-state index is 4.43. The van der Waals surface area contributed by atoms with Gasteiger partial charge in [0.15, 0.2) is 0 Å². The molecule has 0 saturated carbocycles. The van der Waals surface area contributed by atoms with E-state index in [4.69, 9.17) is 0 Å². The van der Waals surface area contributed by atoms with Crippen LogP contribution in [0.3, 0.4) is 0 Å². The molecule has 0 spiro atoms. The summed E-state index contributed by atoms with van der Waals surface area (Å²) in [5.74, 6) is 3.45. The van der Waals surface area contributed by atoms with Crippen LogP contribution in [-0.2, 0) is 0 Å². The van der Waals surface area contributed by atoms with E-state index in [-0.39, 0.29) is 0 Å². The zero-order chi connectivity index (χ0) is 9.26. The Hall–Kier alpha value is -0.640. The van der Waals surface area contributed by atoms with Crippen molar-refractivity contribution in [1.82, 2.24) is 9.78 Å². The Bertz CT molecular complexity index is 278. The fraction of sp³-hybridized carbons (Fsp3) is 0.667. The lowest BCUT2D eigenvalue weighted by molar-refractivity contribution is 0.533. The molecular weight excluding hydrogens is 182 g/mol. The number of hydrogen-bond donors (Lipinski definition) is 1.